The highest BCUT2D eigenvalue weighted by molar-refractivity contribution is 14.0. The summed E-state index contributed by atoms with van der Waals surface area (Å²) in [6.45, 7) is 9.77. The fraction of sp³-hybridized carbons (Fsp3) is 0.480. The van der Waals surface area contributed by atoms with E-state index in [1.165, 1.54) is 11.3 Å². The highest BCUT2D eigenvalue weighted by atomic mass is 127. The third-order valence-corrected chi connectivity index (χ3v) is 5.92. The van der Waals surface area contributed by atoms with Gasteiger partial charge in [-0.05, 0) is 56.1 Å². The summed E-state index contributed by atoms with van der Waals surface area (Å²) in [5.74, 6) is 1.97. The molecule has 0 atom stereocenters. The van der Waals surface area contributed by atoms with E-state index in [2.05, 4.69) is 51.3 Å². The summed E-state index contributed by atoms with van der Waals surface area (Å²) >= 11 is 0. The number of fused-ring (bicyclic) bond motifs is 1. The zero-order valence-electron chi connectivity index (χ0n) is 19.5. The lowest BCUT2D eigenvalue weighted by molar-refractivity contribution is 0.253. The number of benzene rings is 2. The van der Waals surface area contributed by atoms with Crippen LogP contribution in [0.25, 0.3) is 0 Å². The zero-order valence-corrected chi connectivity index (χ0v) is 21.8. The van der Waals surface area contributed by atoms with Gasteiger partial charge in [-0.2, -0.15) is 0 Å². The Morgan fingerprint density at radius 1 is 1.00 bits per heavy atom. The average molecular weight is 566 g/mol. The lowest BCUT2D eigenvalue weighted by atomic mass is 10.2. The fourth-order valence-corrected chi connectivity index (χ4v) is 4.13. The molecule has 33 heavy (non-hydrogen) atoms. The normalized spacial score (nSPS) is 16.6. The van der Waals surface area contributed by atoms with E-state index >= 15 is 0 Å². The Bertz CT molecular complexity index is 915. The van der Waals surface area contributed by atoms with Crippen LogP contribution in [0.2, 0.25) is 0 Å². The number of nitrogens with one attached hydrogen (secondary N) is 1. The Hall–Kier alpha value is -2.20. The predicted molar refractivity (Wildman–Crippen MR) is 147 cm³/mol. The summed E-state index contributed by atoms with van der Waals surface area (Å²) in [5, 5.41) is 3.15. The number of nitrogens with two attached hydrogens (primary N) is 1. The van der Waals surface area contributed by atoms with Gasteiger partial charge in [-0.3, -0.25) is 9.89 Å². The molecular formula is C25H36IN5O2. The molecule has 0 bridgehead atoms. The number of anilines is 2. The molecule has 0 amide bonds. The molecule has 0 unspecified atom stereocenters. The first kappa shape index (κ1) is 25.4. The van der Waals surface area contributed by atoms with Crippen molar-refractivity contribution < 1.29 is 9.47 Å². The van der Waals surface area contributed by atoms with Crippen molar-refractivity contribution in [1.82, 2.24) is 4.90 Å². The largest absolute Gasteiger partial charge is 0.490 e. The van der Waals surface area contributed by atoms with E-state index in [4.69, 9.17) is 15.2 Å². The molecule has 4 rings (SSSR count). The minimum atomic E-state index is 0. The topological polar surface area (TPSA) is 75.4 Å². The Kier molecular flexibility index (Phi) is 9.93. The van der Waals surface area contributed by atoms with Gasteiger partial charge in [0.1, 0.15) is 0 Å². The zero-order chi connectivity index (χ0) is 22.2. The second-order valence-corrected chi connectivity index (χ2v) is 8.48. The van der Waals surface area contributed by atoms with Gasteiger partial charge in [0.2, 0.25) is 0 Å². The molecular weight excluding hydrogens is 529 g/mol. The van der Waals surface area contributed by atoms with Crippen molar-refractivity contribution in [3.8, 4) is 11.5 Å². The maximum Gasteiger partial charge on any atom is 0.193 e. The summed E-state index contributed by atoms with van der Waals surface area (Å²) in [7, 11) is 0. The maximum absolute atomic E-state index is 6.07. The molecule has 2 heterocycles. The highest BCUT2D eigenvalue weighted by Gasteiger charge is 2.16. The van der Waals surface area contributed by atoms with Crippen LogP contribution in [0.4, 0.5) is 11.4 Å². The molecule has 0 radical (unpaired) electrons. The molecule has 2 aromatic rings. The van der Waals surface area contributed by atoms with Crippen LogP contribution in [-0.2, 0) is 0 Å². The van der Waals surface area contributed by atoms with E-state index in [-0.39, 0.29) is 24.0 Å². The summed E-state index contributed by atoms with van der Waals surface area (Å²) in [6, 6.07) is 14.6. The van der Waals surface area contributed by atoms with Gasteiger partial charge in [0.25, 0.3) is 0 Å². The average Bonchev–Trinajstić information content (AvgIpc) is 3.04. The van der Waals surface area contributed by atoms with Gasteiger partial charge >= 0.3 is 0 Å². The van der Waals surface area contributed by atoms with Gasteiger partial charge in [0, 0.05) is 56.6 Å². The van der Waals surface area contributed by atoms with Crippen LogP contribution < -0.4 is 25.4 Å². The van der Waals surface area contributed by atoms with E-state index in [1.807, 2.05) is 18.2 Å². The second-order valence-electron chi connectivity index (χ2n) is 8.48. The van der Waals surface area contributed by atoms with E-state index in [0.717, 1.165) is 75.7 Å². The van der Waals surface area contributed by atoms with E-state index in [1.54, 1.807) is 0 Å². The number of halogens is 1. The van der Waals surface area contributed by atoms with E-state index in [9.17, 15) is 0 Å². The van der Waals surface area contributed by atoms with Gasteiger partial charge in [-0.1, -0.05) is 12.1 Å². The molecule has 0 saturated carbocycles. The molecule has 7 nitrogen and oxygen atoms in total. The Balaban J connectivity index is 0.00000306. The molecule has 2 aliphatic heterocycles. The van der Waals surface area contributed by atoms with E-state index < -0.39 is 0 Å². The van der Waals surface area contributed by atoms with Crippen molar-refractivity contribution in [3.05, 3.63) is 48.0 Å². The smallest absolute Gasteiger partial charge is 0.193 e. The Morgan fingerprint density at radius 3 is 2.58 bits per heavy atom. The molecule has 2 aromatic carbocycles. The van der Waals surface area contributed by atoms with Crippen LogP contribution in [0, 0.1) is 6.92 Å². The number of hydrogen-bond donors (Lipinski definition) is 2. The standard InChI is InChI=1S/C25H35N5O2.HI/c1-20-6-4-7-22(18-20)30-14-12-29(13-15-30)11-3-2-10-27-25(26)28-21-8-9-23-24(19-21)32-17-5-16-31-23;/h4,6-9,18-19H,2-3,5,10-17H2,1H3,(H3,26,27,28);1H. The Labute approximate surface area is 214 Å². The number of aryl methyl sites for hydroxylation is 1. The molecule has 0 aromatic heterocycles. The number of aliphatic imine (C=N–C) groups is 1. The van der Waals surface area contributed by atoms with Gasteiger partial charge < -0.3 is 25.4 Å². The third-order valence-electron chi connectivity index (χ3n) is 5.92. The quantitative estimate of drug-likeness (QED) is 0.228. The minimum Gasteiger partial charge on any atom is -0.490 e. The van der Waals surface area contributed by atoms with Gasteiger partial charge in [0.15, 0.2) is 17.5 Å². The maximum atomic E-state index is 6.07. The molecule has 3 N–H and O–H groups in total. The molecule has 0 aliphatic carbocycles. The second kappa shape index (κ2) is 12.9. The summed E-state index contributed by atoms with van der Waals surface area (Å²) in [5.41, 5.74) is 9.60. The highest BCUT2D eigenvalue weighted by Crippen LogP contribution is 2.32. The first-order valence-electron chi connectivity index (χ1n) is 11.7. The van der Waals surface area contributed by atoms with Crippen molar-refractivity contribution in [2.75, 3.05) is 62.7 Å². The lowest BCUT2D eigenvalue weighted by Crippen LogP contribution is -2.46. The number of guanidine groups is 1. The summed E-state index contributed by atoms with van der Waals surface area (Å²) in [4.78, 5) is 9.51. The molecule has 180 valence electrons. The van der Waals surface area contributed by atoms with Crippen LogP contribution in [0.5, 0.6) is 11.5 Å². The molecule has 8 heteroatoms. The van der Waals surface area contributed by atoms with Crippen LogP contribution in [0.15, 0.2) is 47.5 Å². The van der Waals surface area contributed by atoms with Crippen molar-refractivity contribution in [2.45, 2.75) is 26.2 Å². The van der Waals surface area contributed by atoms with Gasteiger partial charge in [-0.15, -0.1) is 24.0 Å². The number of unbranched alkanes of at least 4 members (excludes halogenated alkanes) is 1. The number of nitrogens with zero attached hydrogens (tertiary/aromatic N) is 3. The number of ether oxygens (including phenoxy) is 2. The van der Waals surface area contributed by atoms with Crippen molar-refractivity contribution in [2.24, 2.45) is 10.7 Å². The first-order chi connectivity index (χ1) is 15.7. The molecule has 0 spiro atoms. The SMILES string of the molecule is Cc1cccc(N2CCN(CCCCN=C(N)Nc3ccc4c(c3)OCCCO4)CC2)c1.I. The van der Waals surface area contributed by atoms with Crippen molar-refractivity contribution in [3.63, 3.8) is 0 Å². The molecule has 2 aliphatic rings. The molecule has 1 fully saturated rings. The molecule has 1 saturated heterocycles. The third kappa shape index (κ3) is 7.67. The summed E-state index contributed by atoms with van der Waals surface area (Å²) < 4.78 is 11.4. The number of piperazine rings is 1. The number of hydrogen-bond acceptors (Lipinski definition) is 5. The van der Waals surface area contributed by atoms with Gasteiger partial charge in [-0.25, -0.2) is 0 Å². The first-order valence-corrected chi connectivity index (χ1v) is 11.7. The monoisotopic (exact) mass is 565 g/mol. The minimum absolute atomic E-state index is 0. The Morgan fingerprint density at radius 2 is 1.79 bits per heavy atom. The van der Waals surface area contributed by atoms with Crippen LogP contribution in [0.3, 0.4) is 0 Å². The van der Waals surface area contributed by atoms with E-state index in [0.29, 0.717) is 19.2 Å². The van der Waals surface area contributed by atoms with Crippen molar-refractivity contribution >= 4 is 41.3 Å². The lowest BCUT2D eigenvalue weighted by Gasteiger charge is -2.36. The van der Waals surface area contributed by atoms with Gasteiger partial charge in [0.05, 0.1) is 13.2 Å². The number of rotatable bonds is 7. The van der Waals surface area contributed by atoms with Crippen LogP contribution >= 0.6 is 24.0 Å². The fourth-order valence-electron chi connectivity index (χ4n) is 4.13. The van der Waals surface area contributed by atoms with Crippen molar-refractivity contribution in [1.29, 1.82) is 0 Å². The summed E-state index contributed by atoms with van der Waals surface area (Å²) in [6.07, 6.45) is 3.05. The predicted octanol–water partition coefficient (Wildman–Crippen LogP) is 4.10. The van der Waals surface area contributed by atoms with Crippen LogP contribution in [0.1, 0.15) is 24.8 Å². The van der Waals surface area contributed by atoms with Crippen LogP contribution in [-0.4, -0.2) is 63.3 Å².